The highest BCUT2D eigenvalue weighted by atomic mass is 16.5. The van der Waals surface area contributed by atoms with Gasteiger partial charge in [0.25, 0.3) is 5.91 Å². The molecule has 33 heavy (non-hydrogen) atoms. The number of aromatic nitrogens is 2. The maximum absolute atomic E-state index is 13.3. The molecule has 1 aromatic carbocycles. The second-order valence-corrected chi connectivity index (χ2v) is 8.41. The normalized spacial score (nSPS) is 16.3. The molecule has 1 aliphatic rings. The number of pyridine rings is 1. The van der Waals surface area contributed by atoms with Gasteiger partial charge in [-0.2, -0.15) is 0 Å². The lowest BCUT2D eigenvalue weighted by molar-refractivity contribution is -0.140. The predicted octanol–water partition coefficient (Wildman–Crippen LogP) is 3.99. The van der Waals surface area contributed by atoms with Gasteiger partial charge in [0.2, 0.25) is 5.91 Å². The number of aryl methyl sites for hydroxylation is 1. The lowest BCUT2D eigenvalue weighted by Crippen LogP contribution is -2.59. The zero-order valence-corrected chi connectivity index (χ0v) is 19.2. The summed E-state index contributed by atoms with van der Waals surface area (Å²) in [5.41, 5.74) is 3.38. The minimum Gasteiger partial charge on any atom is -0.361 e. The molecular weight excluding hydrogens is 416 g/mol. The Morgan fingerprint density at radius 3 is 2.61 bits per heavy atom. The van der Waals surface area contributed by atoms with Crippen LogP contribution in [0, 0.1) is 0 Å². The van der Waals surface area contributed by atoms with Crippen molar-refractivity contribution in [2.24, 2.45) is 0 Å². The van der Waals surface area contributed by atoms with Crippen molar-refractivity contribution in [2.75, 3.05) is 19.6 Å². The molecule has 1 atom stereocenters. The Bertz CT molecular complexity index is 1080. The number of hydrogen-bond acceptors (Lipinski definition) is 5. The van der Waals surface area contributed by atoms with Crippen LogP contribution in [-0.4, -0.2) is 57.4 Å². The highest BCUT2D eigenvalue weighted by Gasteiger charge is 2.38. The number of benzene rings is 1. The molecular formula is C26H30N4O3. The minimum absolute atomic E-state index is 0.00920. The lowest BCUT2D eigenvalue weighted by Gasteiger charge is -2.40. The van der Waals surface area contributed by atoms with E-state index in [2.05, 4.69) is 17.1 Å². The molecule has 7 heteroatoms. The average Bonchev–Trinajstić information content (AvgIpc) is 3.31. The molecule has 0 N–H and O–H groups in total. The van der Waals surface area contributed by atoms with Crippen molar-refractivity contribution < 1.29 is 14.1 Å². The standard InChI is InChI=1S/C26H30N4O3/c1-3-6-22-17-23(28-33-22)25(31)30-15-14-29(13-4-2)26(32)24(30)16-19-8-10-20(11-9-19)21-7-5-12-27-18-21/h5,7-12,17-18,24H,3-4,6,13-16H2,1-2H3/t24-/m0/s1. The third-order valence-electron chi connectivity index (χ3n) is 5.99. The summed E-state index contributed by atoms with van der Waals surface area (Å²) in [5.74, 6) is 0.437. The molecule has 3 aromatic rings. The molecule has 4 rings (SSSR count). The number of rotatable bonds is 8. The molecule has 172 valence electrons. The predicted molar refractivity (Wildman–Crippen MR) is 126 cm³/mol. The Morgan fingerprint density at radius 2 is 1.91 bits per heavy atom. The third kappa shape index (κ3) is 5.13. The van der Waals surface area contributed by atoms with Gasteiger partial charge in [-0.05, 0) is 35.6 Å². The fourth-order valence-electron chi connectivity index (χ4n) is 4.29. The molecule has 1 fully saturated rings. The maximum atomic E-state index is 13.3. The fourth-order valence-corrected chi connectivity index (χ4v) is 4.29. The van der Waals surface area contributed by atoms with Crippen LogP contribution in [0.1, 0.15) is 48.5 Å². The summed E-state index contributed by atoms with van der Waals surface area (Å²) in [5, 5.41) is 3.98. The van der Waals surface area contributed by atoms with E-state index in [1.54, 1.807) is 17.2 Å². The second kappa shape index (κ2) is 10.4. The lowest BCUT2D eigenvalue weighted by atomic mass is 9.98. The van der Waals surface area contributed by atoms with Crippen LogP contribution in [0.4, 0.5) is 0 Å². The number of carbonyl (C=O) groups is 2. The molecule has 2 aromatic heterocycles. The molecule has 0 spiro atoms. The van der Waals surface area contributed by atoms with Gasteiger partial charge >= 0.3 is 0 Å². The molecule has 0 aliphatic carbocycles. The summed E-state index contributed by atoms with van der Waals surface area (Å²) in [7, 11) is 0. The zero-order chi connectivity index (χ0) is 23.2. The van der Waals surface area contributed by atoms with Crippen LogP contribution >= 0.6 is 0 Å². The highest BCUT2D eigenvalue weighted by Crippen LogP contribution is 2.23. The highest BCUT2D eigenvalue weighted by molar-refractivity contribution is 5.97. The molecule has 0 radical (unpaired) electrons. The number of nitrogens with zero attached hydrogens (tertiary/aromatic N) is 4. The van der Waals surface area contributed by atoms with Crippen LogP contribution in [0.2, 0.25) is 0 Å². The Hall–Kier alpha value is -3.48. The smallest absolute Gasteiger partial charge is 0.276 e. The van der Waals surface area contributed by atoms with Crippen molar-refractivity contribution in [3.8, 4) is 11.1 Å². The van der Waals surface area contributed by atoms with E-state index in [0.29, 0.717) is 31.8 Å². The van der Waals surface area contributed by atoms with Gasteiger partial charge in [-0.15, -0.1) is 0 Å². The first-order chi connectivity index (χ1) is 16.1. The molecule has 1 aliphatic heterocycles. The van der Waals surface area contributed by atoms with Gasteiger partial charge in [0.1, 0.15) is 11.8 Å². The Labute approximate surface area is 194 Å². The van der Waals surface area contributed by atoms with Gasteiger partial charge in [0, 0.05) is 50.9 Å². The topological polar surface area (TPSA) is 79.5 Å². The van der Waals surface area contributed by atoms with E-state index in [0.717, 1.165) is 36.0 Å². The summed E-state index contributed by atoms with van der Waals surface area (Å²) in [6.07, 6.45) is 6.56. The quantitative estimate of drug-likeness (QED) is 0.523. The van der Waals surface area contributed by atoms with Crippen LogP contribution in [0.5, 0.6) is 0 Å². The van der Waals surface area contributed by atoms with Crippen LogP contribution in [0.25, 0.3) is 11.1 Å². The summed E-state index contributed by atoms with van der Waals surface area (Å²) in [6, 6.07) is 13.2. The molecule has 7 nitrogen and oxygen atoms in total. The zero-order valence-electron chi connectivity index (χ0n) is 19.2. The van der Waals surface area contributed by atoms with Gasteiger partial charge in [0.15, 0.2) is 5.69 Å². The first-order valence-electron chi connectivity index (χ1n) is 11.7. The van der Waals surface area contributed by atoms with Crippen molar-refractivity contribution in [2.45, 2.75) is 45.6 Å². The first-order valence-corrected chi connectivity index (χ1v) is 11.7. The molecule has 0 unspecified atom stereocenters. The van der Waals surface area contributed by atoms with E-state index >= 15 is 0 Å². The van der Waals surface area contributed by atoms with E-state index in [4.69, 9.17) is 4.52 Å². The average molecular weight is 447 g/mol. The summed E-state index contributed by atoms with van der Waals surface area (Å²) in [4.78, 5) is 34.3. The van der Waals surface area contributed by atoms with E-state index in [1.165, 1.54) is 0 Å². The van der Waals surface area contributed by atoms with E-state index in [9.17, 15) is 9.59 Å². The van der Waals surface area contributed by atoms with Crippen molar-refractivity contribution in [1.82, 2.24) is 19.9 Å². The first kappa shape index (κ1) is 22.7. The van der Waals surface area contributed by atoms with Gasteiger partial charge in [-0.3, -0.25) is 14.6 Å². The van der Waals surface area contributed by atoms with Crippen LogP contribution < -0.4 is 0 Å². The van der Waals surface area contributed by atoms with E-state index in [1.807, 2.05) is 54.4 Å². The van der Waals surface area contributed by atoms with Gasteiger partial charge in [-0.25, -0.2) is 0 Å². The van der Waals surface area contributed by atoms with Crippen molar-refractivity contribution in [3.63, 3.8) is 0 Å². The summed E-state index contributed by atoms with van der Waals surface area (Å²) >= 11 is 0. The number of hydrogen-bond donors (Lipinski definition) is 0. The van der Waals surface area contributed by atoms with Crippen LogP contribution in [-0.2, 0) is 17.6 Å². The molecule has 3 heterocycles. The Balaban J connectivity index is 1.56. The van der Waals surface area contributed by atoms with Gasteiger partial charge in [0.05, 0.1) is 0 Å². The number of piperazine rings is 1. The molecule has 0 bridgehead atoms. The Kier molecular flexibility index (Phi) is 7.17. The summed E-state index contributed by atoms with van der Waals surface area (Å²) in [6.45, 7) is 5.82. The monoisotopic (exact) mass is 446 g/mol. The number of carbonyl (C=O) groups excluding carboxylic acids is 2. The van der Waals surface area contributed by atoms with E-state index in [-0.39, 0.29) is 17.5 Å². The molecule has 0 saturated carbocycles. The molecule has 1 saturated heterocycles. The Morgan fingerprint density at radius 1 is 1.09 bits per heavy atom. The summed E-state index contributed by atoms with van der Waals surface area (Å²) < 4.78 is 5.31. The van der Waals surface area contributed by atoms with Crippen molar-refractivity contribution in [3.05, 3.63) is 71.9 Å². The largest absolute Gasteiger partial charge is 0.361 e. The maximum Gasteiger partial charge on any atom is 0.276 e. The minimum atomic E-state index is -0.562. The van der Waals surface area contributed by atoms with Gasteiger partial charge in [-0.1, -0.05) is 49.3 Å². The van der Waals surface area contributed by atoms with Gasteiger partial charge < -0.3 is 14.3 Å². The van der Waals surface area contributed by atoms with Crippen molar-refractivity contribution in [1.29, 1.82) is 0 Å². The third-order valence-corrected chi connectivity index (χ3v) is 5.99. The van der Waals surface area contributed by atoms with Crippen molar-refractivity contribution >= 4 is 11.8 Å². The SMILES string of the molecule is CCCc1cc(C(=O)N2CCN(CCC)C(=O)[C@@H]2Cc2ccc(-c3cccnc3)cc2)no1. The number of amides is 2. The second-order valence-electron chi connectivity index (χ2n) is 8.41. The van der Waals surface area contributed by atoms with Crippen LogP contribution in [0.15, 0.2) is 59.4 Å². The van der Waals surface area contributed by atoms with Crippen LogP contribution in [0.3, 0.4) is 0 Å². The fraction of sp³-hybridized carbons (Fsp3) is 0.385. The molecule has 2 amide bonds. The van der Waals surface area contributed by atoms with E-state index < -0.39 is 6.04 Å².